The molecule has 1 spiro atoms. The Hall–Kier alpha value is -3.10. The van der Waals surface area contributed by atoms with Crippen molar-refractivity contribution < 1.29 is 19.4 Å². The number of aromatic nitrogens is 2. The van der Waals surface area contributed by atoms with E-state index in [9.17, 15) is 9.59 Å². The highest BCUT2D eigenvalue weighted by Gasteiger charge is 2.67. The normalized spacial score (nSPS) is 28.3. The molecule has 2 amide bonds. The number of carbonyl (C=O) groups excluding carboxylic acids is 2. The number of nitrogens with zero attached hydrogens (tertiary/aromatic N) is 4. The van der Waals surface area contributed by atoms with Crippen molar-refractivity contribution in [3.63, 3.8) is 0 Å². The Morgan fingerprint density at radius 1 is 1.32 bits per heavy atom. The molecule has 4 atom stereocenters. The lowest BCUT2D eigenvalue weighted by atomic mass is 9.76. The molecule has 0 unspecified atom stereocenters. The maximum atomic E-state index is 13.5. The van der Waals surface area contributed by atoms with Gasteiger partial charge in [0.2, 0.25) is 11.8 Å². The average Bonchev–Trinajstić information content (AvgIpc) is 3.43. The zero-order chi connectivity index (χ0) is 21.6. The fraction of sp³-hybridized carbons (Fsp3) is 0.391. The van der Waals surface area contributed by atoms with Crippen molar-refractivity contribution in [1.82, 2.24) is 14.9 Å². The number of aliphatic hydroxyl groups excluding tert-OH is 1. The van der Waals surface area contributed by atoms with Crippen molar-refractivity contribution in [1.29, 1.82) is 0 Å². The number of ether oxygens (including phenoxy) is 1. The van der Waals surface area contributed by atoms with Gasteiger partial charge in [-0.3, -0.25) is 9.59 Å². The van der Waals surface area contributed by atoms with Gasteiger partial charge in [-0.05, 0) is 30.2 Å². The molecular weight excluding hydrogens is 396 g/mol. The number of anilines is 1. The number of carbonyl (C=O) groups is 2. The molecule has 5 rings (SSSR count). The van der Waals surface area contributed by atoms with E-state index in [0.717, 1.165) is 16.9 Å². The summed E-state index contributed by atoms with van der Waals surface area (Å²) in [4.78, 5) is 38.2. The maximum Gasteiger partial charge on any atom is 0.234 e. The van der Waals surface area contributed by atoms with Gasteiger partial charge in [0, 0.05) is 25.5 Å². The molecule has 3 aliphatic rings. The number of hydrogen-bond donors (Lipinski definition) is 1. The lowest BCUT2D eigenvalue weighted by Crippen LogP contribution is -2.44. The largest absolute Gasteiger partial charge is 0.396 e. The predicted octanol–water partition coefficient (Wildman–Crippen LogP) is 0.956. The highest BCUT2D eigenvalue weighted by atomic mass is 16.5. The molecule has 160 valence electrons. The molecule has 3 aliphatic heterocycles. The van der Waals surface area contributed by atoms with Crippen LogP contribution in [0.2, 0.25) is 0 Å². The van der Waals surface area contributed by atoms with E-state index in [4.69, 9.17) is 9.84 Å². The van der Waals surface area contributed by atoms with E-state index in [1.165, 1.54) is 6.33 Å². The van der Waals surface area contributed by atoms with Crippen LogP contribution in [0.15, 0.2) is 55.0 Å². The summed E-state index contributed by atoms with van der Waals surface area (Å²) >= 11 is 0. The fourth-order valence-electron chi connectivity index (χ4n) is 4.96. The topological polar surface area (TPSA) is 95.9 Å². The van der Waals surface area contributed by atoms with Gasteiger partial charge in [-0.25, -0.2) is 9.97 Å². The quantitative estimate of drug-likeness (QED) is 0.700. The molecule has 4 heterocycles. The molecule has 31 heavy (non-hydrogen) atoms. The molecule has 2 fully saturated rings. The lowest BCUT2D eigenvalue weighted by molar-refractivity contribution is -0.139. The Bertz CT molecular complexity index is 1030. The van der Waals surface area contributed by atoms with Gasteiger partial charge < -0.3 is 19.6 Å². The van der Waals surface area contributed by atoms with Crippen LogP contribution in [0.3, 0.4) is 0 Å². The summed E-state index contributed by atoms with van der Waals surface area (Å²) in [6, 6.07) is 9.36. The van der Waals surface area contributed by atoms with Crippen molar-refractivity contribution in [2.45, 2.75) is 24.7 Å². The van der Waals surface area contributed by atoms with Crippen LogP contribution in [0.1, 0.15) is 11.3 Å². The van der Waals surface area contributed by atoms with Gasteiger partial charge in [0.1, 0.15) is 11.9 Å². The average molecular weight is 420 g/mol. The van der Waals surface area contributed by atoms with Gasteiger partial charge in [0.15, 0.2) is 0 Å². The Labute approximate surface area is 180 Å². The second kappa shape index (κ2) is 7.55. The van der Waals surface area contributed by atoms with Crippen LogP contribution < -0.4 is 4.90 Å². The van der Waals surface area contributed by atoms with E-state index >= 15 is 0 Å². The minimum absolute atomic E-state index is 0.0829. The van der Waals surface area contributed by atoms with Crippen LogP contribution in [0, 0.1) is 11.8 Å². The second-order valence-corrected chi connectivity index (χ2v) is 8.36. The lowest BCUT2D eigenvalue weighted by Gasteiger charge is -2.27. The molecule has 0 aliphatic carbocycles. The number of benzene rings is 1. The Kier molecular flexibility index (Phi) is 4.83. The first-order valence-corrected chi connectivity index (χ1v) is 10.4. The first-order chi connectivity index (χ1) is 15.0. The van der Waals surface area contributed by atoms with Crippen molar-refractivity contribution in [2.75, 3.05) is 25.1 Å². The maximum absolute atomic E-state index is 13.5. The van der Waals surface area contributed by atoms with Gasteiger partial charge in [-0.2, -0.15) is 0 Å². The fourth-order valence-corrected chi connectivity index (χ4v) is 4.96. The van der Waals surface area contributed by atoms with E-state index in [1.54, 1.807) is 29.1 Å². The number of hydrogen-bond acceptors (Lipinski definition) is 6. The molecule has 1 aromatic carbocycles. The third-order valence-corrected chi connectivity index (χ3v) is 6.45. The first kappa shape index (κ1) is 19.8. The summed E-state index contributed by atoms with van der Waals surface area (Å²) in [6.45, 7) is 0.819. The molecular formula is C23H24N4O4. The molecule has 0 radical (unpaired) electrons. The van der Waals surface area contributed by atoms with Gasteiger partial charge in [-0.1, -0.05) is 24.3 Å². The summed E-state index contributed by atoms with van der Waals surface area (Å²) < 4.78 is 6.22. The van der Waals surface area contributed by atoms with Crippen molar-refractivity contribution >= 4 is 17.5 Å². The number of fused-ring (bicyclic) bond motifs is 1. The molecule has 2 saturated heterocycles. The SMILES string of the molecule is CN(Cc1ccncn1)C(=O)[C@@H]1[C@@H]2C=C[C@@]3(CN(c4ccc(CCO)cc4)C(=O)[C@@H]13)O2. The standard InChI is InChI=1S/C23H24N4O4/c1-26(12-16-7-10-24-14-25-16)21(29)19-18-6-9-23(31-18)13-27(22(30)20(19)23)17-4-2-15(3-5-17)8-11-28/h2-7,9-10,14,18-20,28H,8,11-13H2,1H3/t18-,19+,20+,23-/m0/s1. The van der Waals surface area contributed by atoms with Gasteiger partial charge >= 0.3 is 0 Å². The van der Waals surface area contributed by atoms with Gasteiger partial charge in [0.05, 0.1) is 36.7 Å². The van der Waals surface area contributed by atoms with Gasteiger partial charge in [0.25, 0.3) is 0 Å². The number of aliphatic hydroxyl groups is 1. The number of amides is 2. The molecule has 8 nitrogen and oxygen atoms in total. The van der Waals surface area contributed by atoms with Crippen LogP contribution in [-0.2, 0) is 27.3 Å². The second-order valence-electron chi connectivity index (χ2n) is 8.36. The molecule has 1 aromatic heterocycles. The van der Waals surface area contributed by atoms with Crippen LogP contribution in [0.5, 0.6) is 0 Å². The third-order valence-electron chi connectivity index (χ3n) is 6.45. The van der Waals surface area contributed by atoms with E-state index < -0.39 is 17.4 Å². The highest BCUT2D eigenvalue weighted by Crippen LogP contribution is 2.53. The van der Waals surface area contributed by atoms with E-state index in [0.29, 0.717) is 19.5 Å². The predicted molar refractivity (Wildman–Crippen MR) is 112 cm³/mol. The molecule has 2 bridgehead atoms. The minimum Gasteiger partial charge on any atom is -0.396 e. The Morgan fingerprint density at radius 2 is 2.13 bits per heavy atom. The zero-order valence-electron chi connectivity index (χ0n) is 17.2. The van der Waals surface area contributed by atoms with Crippen molar-refractivity contribution in [3.05, 3.63) is 66.3 Å². The molecule has 8 heteroatoms. The minimum atomic E-state index is -0.762. The van der Waals surface area contributed by atoms with Crippen molar-refractivity contribution in [3.8, 4) is 0 Å². The van der Waals surface area contributed by atoms with Gasteiger partial charge in [-0.15, -0.1) is 0 Å². The first-order valence-electron chi connectivity index (χ1n) is 10.4. The summed E-state index contributed by atoms with van der Waals surface area (Å²) in [5, 5.41) is 9.11. The summed E-state index contributed by atoms with van der Waals surface area (Å²) in [5.41, 5.74) is 1.76. The monoisotopic (exact) mass is 420 g/mol. The van der Waals surface area contributed by atoms with Crippen LogP contribution in [-0.4, -0.2) is 63.7 Å². The highest BCUT2D eigenvalue weighted by molar-refractivity contribution is 6.03. The zero-order valence-corrected chi connectivity index (χ0v) is 17.2. The smallest absolute Gasteiger partial charge is 0.234 e. The van der Waals surface area contributed by atoms with E-state index in [1.807, 2.05) is 36.4 Å². The number of rotatable bonds is 6. The van der Waals surface area contributed by atoms with Crippen molar-refractivity contribution in [2.24, 2.45) is 11.8 Å². The Morgan fingerprint density at radius 3 is 2.84 bits per heavy atom. The van der Waals surface area contributed by atoms with Crippen LogP contribution in [0.4, 0.5) is 5.69 Å². The van der Waals surface area contributed by atoms with E-state index in [2.05, 4.69) is 9.97 Å². The van der Waals surface area contributed by atoms with Crippen LogP contribution in [0.25, 0.3) is 0 Å². The van der Waals surface area contributed by atoms with E-state index in [-0.39, 0.29) is 24.5 Å². The summed E-state index contributed by atoms with van der Waals surface area (Å²) in [5.74, 6) is -1.30. The third kappa shape index (κ3) is 3.23. The summed E-state index contributed by atoms with van der Waals surface area (Å²) in [6.07, 6.45) is 7.15. The summed E-state index contributed by atoms with van der Waals surface area (Å²) in [7, 11) is 1.73. The molecule has 0 saturated carbocycles. The van der Waals surface area contributed by atoms with Crippen LogP contribution >= 0.6 is 0 Å². The molecule has 2 aromatic rings. The Balaban J connectivity index is 1.38. The molecule has 1 N–H and O–H groups in total.